The number of nitrogens with zero attached hydrogens (tertiary/aromatic N) is 3. The molecule has 1 amide bonds. The SMILES string of the molecule is CCc1cc2c(cc1Cc1ccc(C(C=NC)N=N)cc1)C(=O)N(CC(C)(C)O)C2. The molecule has 0 aliphatic carbocycles. The van der Waals surface area contributed by atoms with Gasteiger partial charge in [0.15, 0.2) is 0 Å². The molecule has 2 aromatic carbocycles. The fourth-order valence-corrected chi connectivity index (χ4v) is 3.99. The molecule has 0 aromatic heterocycles. The Hall–Kier alpha value is -2.86. The second-order valence-electron chi connectivity index (χ2n) is 8.50. The number of hydrogen-bond acceptors (Lipinski definition) is 5. The summed E-state index contributed by atoms with van der Waals surface area (Å²) in [5.41, 5.74) is 12.7. The van der Waals surface area contributed by atoms with Crippen molar-refractivity contribution >= 4 is 12.1 Å². The van der Waals surface area contributed by atoms with E-state index in [0.717, 1.165) is 40.7 Å². The monoisotopic (exact) mass is 406 g/mol. The number of rotatable bonds is 8. The molecule has 30 heavy (non-hydrogen) atoms. The van der Waals surface area contributed by atoms with Gasteiger partial charge in [-0.05, 0) is 60.6 Å². The zero-order valence-corrected chi connectivity index (χ0v) is 18.1. The lowest BCUT2D eigenvalue weighted by Crippen LogP contribution is -2.38. The standard InChI is InChI=1S/C24H30N4O2/c1-5-17-11-20-14-28(15-24(2,3)30)23(29)21(20)12-19(17)10-16-6-8-18(9-7-16)22(27-25)13-26-4/h6-9,11-13,22,25,30H,5,10,14-15H2,1-4H3. The van der Waals surface area contributed by atoms with Gasteiger partial charge in [-0.2, -0.15) is 5.11 Å². The Morgan fingerprint density at radius 2 is 1.93 bits per heavy atom. The second-order valence-corrected chi connectivity index (χ2v) is 8.50. The van der Waals surface area contributed by atoms with Crippen molar-refractivity contribution < 1.29 is 9.90 Å². The maximum Gasteiger partial charge on any atom is 0.254 e. The Labute approximate surface area is 178 Å². The van der Waals surface area contributed by atoms with Gasteiger partial charge < -0.3 is 10.0 Å². The van der Waals surface area contributed by atoms with Crippen LogP contribution in [0, 0.1) is 5.53 Å². The lowest BCUT2D eigenvalue weighted by Gasteiger charge is -2.24. The van der Waals surface area contributed by atoms with Crippen LogP contribution in [0.2, 0.25) is 0 Å². The van der Waals surface area contributed by atoms with Gasteiger partial charge in [0, 0.05) is 31.9 Å². The Kier molecular flexibility index (Phi) is 6.46. The first-order chi connectivity index (χ1) is 14.3. The number of benzene rings is 2. The van der Waals surface area contributed by atoms with E-state index in [1.165, 1.54) is 5.56 Å². The quantitative estimate of drug-likeness (QED) is 0.504. The number of aryl methyl sites for hydroxylation is 1. The number of aliphatic hydroxyl groups is 1. The van der Waals surface area contributed by atoms with Gasteiger partial charge in [0.25, 0.3) is 5.91 Å². The summed E-state index contributed by atoms with van der Waals surface area (Å²) in [4.78, 5) is 18.6. The molecule has 6 heteroatoms. The van der Waals surface area contributed by atoms with E-state index in [4.69, 9.17) is 5.53 Å². The molecule has 0 radical (unpaired) electrons. The molecule has 2 N–H and O–H groups in total. The molecule has 1 atom stereocenters. The summed E-state index contributed by atoms with van der Waals surface area (Å²) in [6.07, 6.45) is 3.29. The predicted molar refractivity (Wildman–Crippen MR) is 118 cm³/mol. The summed E-state index contributed by atoms with van der Waals surface area (Å²) >= 11 is 0. The summed E-state index contributed by atoms with van der Waals surface area (Å²) < 4.78 is 0. The van der Waals surface area contributed by atoms with Crippen LogP contribution < -0.4 is 0 Å². The van der Waals surface area contributed by atoms with E-state index in [2.05, 4.69) is 23.1 Å². The van der Waals surface area contributed by atoms with Gasteiger partial charge in [0.05, 0.1) is 5.60 Å². The molecule has 158 valence electrons. The molecular weight excluding hydrogens is 376 g/mol. The van der Waals surface area contributed by atoms with Crippen molar-refractivity contribution in [2.75, 3.05) is 13.6 Å². The third kappa shape index (κ3) is 4.82. The molecule has 0 fully saturated rings. The van der Waals surface area contributed by atoms with Crippen LogP contribution in [0.4, 0.5) is 0 Å². The van der Waals surface area contributed by atoms with Gasteiger partial charge in [-0.25, -0.2) is 5.53 Å². The zero-order valence-electron chi connectivity index (χ0n) is 18.1. The highest BCUT2D eigenvalue weighted by atomic mass is 16.3. The van der Waals surface area contributed by atoms with Crippen molar-refractivity contribution in [2.45, 2.75) is 51.8 Å². The summed E-state index contributed by atoms with van der Waals surface area (Å²) in [7, 11) is 1.68. The predicted octanol–water partition coefficient (Wildman–Crippen LogP) is 4.34. The fraction of sp³-hybridized carbons (Fsp3) is 0.417. The van der Waals surface area contributed by atoms with E-state index < -0.39 is 5.60 Å². The summed E-state index contributed by atoms with van der Waals surface area (Å²) in [6, 6.07) is 11.9. The third-order valence-electron chi connectivity index (χ3n) is 5.41. The molecular formula is C24H30N4O2. The summed E-state index contributed by atoms with van der Waals surface area (Å²) in [5.74, 6) is -0.00914. The molecule has 0 spiro atoms. The normalized spacial score (nSPS) is 15.0. The molecule has 1 aliphatic rings. The van der Waals surface area contributed by atoms with E-state index in [-0.39, 0.29) is 11.9 Å². The molecule has 1 aliphatic heterocycles. The van der Waals surface area contributed by atoms with Crippen molar-refractivity contribution in [1.82, 2.24) is 4.90 Å². The highest BCUT2D eigenvalue weighted by molar-refractivity contribution is 5.98. The highest BCUT2D eigenvalue weighted by Crippen LogP contribution is 2.29. The van der Waals surface area contributed by atoms with Gasteiger partial charge in [-0.15, -0.1) is 0 Å². The number of nitrogens with one attached hydrogen (secondary N) is 1. The Morgan fingerprint density at radius 3 is 2.50 bits per heavy atom. The van der Waals surface area contributed by atoms with Gasteiger partial charge in [0.2, 0.25) is 0 Å². The van der Waals surface area contributed by atoms with Crippen molar-refractivity contribution in [3.8, 4) is 0 Å². The van der Waals surface area contributed by atoms with Crippen molar-refractivity contribution in [2.24, 2.45) is 10.1 Å². The molecule has 1 unspecified atom stereocenters. The van der Waals surface area contributed by atoms with E-state index in [1.54, 1.807) is 32.0 Å². The Balaban J connectivity index is 1.84. The summed E-state index contributed by atoms with van der Waals surface area (Å²) in [6.45, 7) is 6.45. The average Bonchev–Trinajstić information content (AvgIpc) is 2.99. The van der Waals surface area contributed by atoms with Crippen LogP contribution in [0.25, 0.3) is 0 Å². The maximum absolute atomic E-state index is 12.9. The third-order valence-corrected chi connectivity index (χ3v) is 5.41. The highest BCUT2D eigenvalue weighted by Gasteiger charge is 2.31. The van der Waals surface area contributed by atoms with Crippen LogP contribution in [-0.4, -0.2) is 41.3 Å². The first-order valence-corrected chi connectivity index (χ1v) is 10.3. The van der Waals surface area contributed by atoms with Crippen molar-refractivity contribution in [3.05, 3.63) is 69.8 Å². The van der Waals surface area contributed by atoms with E-state index >= 15 is 0 Å². The number of hydrogen-bond donors (Lipinski definition) is 2. The summed E-state index contributed by atoms with van der Waals surface area (Å²) in [5, 5.41) is 13.7. The molecule has 2 aromatic rings. The zero-order chi connectivity index (χ0) is 21.9. The molecule has 0 bridgehead atoms. The molecule has 0 saturated heterocycles. The van der Waals surface area contributed by atoms with Crippen molar-refractivity contribution in [3.63, 3.8) is 0 Å². The van der Waals surface area contributed by atoms with Gasteiger partial charge in [-0.1, -0.05) is 37.3 Å². The van der Waals surface area contributed by atoms with Crippen LogP contribution >= 0.6 is 0 Å². The second kappa shape index (κ2) is 8.88. The maximum atomic E-state index is 12.9. The fourth-order valence-electron chi connectivity index (χ4n) is 3.99. The molecule has 1 heterocycles. The first kappa shape index (κ1) is 21.8. The minimum Gasteiger partial charge on any atom is -0.389 e. The largest absolute Gasteiger partial charge is 0.389 e. The minimum atomic E-state index is -0.915. The topological polar surface area (TPSA) is 89.1 Å². The minimum absolute atomic E-state index is 0.00914. The number of carbonyl (C=O) groups is 1. The number of aliphatic imine (C=N–C) groups is 1. The molecule has 6 nitrogen and oxygen atoms in total. The van der Waals surface area contributed by atoms with Crippen LogP contribution in [0.15, 0.2) is 46.5 Å². The van der Waals surface area contributed by atoms with E-state index in [0.29, 0.717) is 13.1 Å². The van der Waals surface area contributed by atoms with Crippen molar-refractivity contribution in [1.29, 1.82) is 5.53 Å². The smallest absolute Gasteiger partial charge is 0.254 e. The number of β-amino-alcohol motifs (C(OH)–C–C–N with tert-alkyl or cyclic N) is 1. The number of carbonyl (C=O) groups excluding carboxylic acids is 1. The lowest BCUT2D eigenvalue weighted by molar-refractivity contribution is 0.0314. The van der Waals surface area contributed by atoms with Crippen LogP contribution in [-0.2, 0) is 19.4 Å². The van der Waals surface area contributed by atoms with Gasteiger partial charge in [-0.3, -0.25) is 9.79 Å². The van der Waals surface area contributed by atoms with E-state index in [9.17, 15) is 9.90 Å². The lowest BCUT2D eigenvalue weighted by atomic mass is 9.93. The van der Waals surface area contributed by atoms with E-state index in [1.807, 2.05) is 30.3 Å². The number of amides is 1. The van der Waals surface area contributed by atoms with Crippen LogP contribution in [0.1, 0.15) is 65.0 Å². The average molecular weight is 407 g/mol. The number of fused-ring (bicyclic) bond motifs is 1. The molecule has 0 saturated carbocycles. The van der Waals surface area contributed by atoms with Gasteiger partial charge in [0.1, 0.15) is 6.04 Å². The molecule has 3 rings (SSSR count). The van der Waals surface area contributed by atoms with Crippen LogP contribution in [0.5, 0.6) is 0 Å². The first-order valence-electron chi connectivity index (χ1n) is 10.3. The van der Waals surface area contributed by atoms with Gasteiger partial charge >= 0.3 is 0 Å². The Morgan fingerprint density at radius 1 is 1.23 bits per heavy atom. The Bertz CT molecular complexity index is 958. The van der Waals surface area contributed by atoms with Crippen LogP contribution in [0.3, 0.4) is 0 Å².